The second kappa shape index (κ2) is 9.92. The second-order valence-electron chi connectivity index (χ2n) is 7.79. The summed E-state index contributed by atoms with van der Waals surface area (Å²) in [7, 11) is 1.98. The van der Waals surface area contributed by atoms with Gasteiger partial charge in [0.15, 0.2) is 11.0 Å². The maximum atomic E-state index is 13.0. The summed E-state index contributed by atoms with van der Waals surface area (Å²) in [5, 5.41) is 9.53. The Morgan fingerprint density at radius 3 is 2.50 bits per heavy atom. The summed E-state index contributed by atoms with van der Waals surface area (Å²) in [6.07, 6.45) is -0.483. The Hall–Kier alpha value is -2.58. The summed E-state index contributed by atoms with van der Waals surface area (Å²) in [5.74, 6) is 1.79. The molecule has 1 aliphatic heterocycles. The van der Waals surface area contributed by atoms with Gasteiger partial charge >= 0.3 is 6.18 Å². The first kappa shape index (κ1) is 22.6. The first-order valence-corrected chi connectivity index (χ1v) is 11.6. The minimum atomic E-state index is -4.31. The largest absolute Gasteiger partial charge is 0.416 e. The van der Waals surface area contributed by atoms with Crippen LogP contribution in [0, 0.1) is 0 Å². The van der Waals surface area contributed by atoms with Crippen LogP contribution < -0.4 is 0 Å². The number of thioether (sulfide) groups is 1. The van der Waals surface area contributed by atoms with E-state index in [9.17, 15) is 13.2 Å². The number of halogens is 3. The van der Waals surface area contributed by atoms with Crippen LogP contribution in [0.5, 0.6) is 0 Å². The Bertz CT molecular complexity index is 1080. The molecule has 0 unspecified atom stereocenters. The van der Waals surface area contributed by atoms with E-state index in [1.54, 1.807) is 17.8 Å². The topological polar surface area (TPSA) is 34.0 Å². The molecule has 0 radical (unpaired) electrons. The van der Waals surface area contributed by atoms with Crippen molar-refractivity contribution in [2.24, 2.45) is 7.05 Å². The van der Waals surface area contributed by atoms with E-state index in [0.29, 0.717) is 5.56 Å². The van der Waals surface area contributed by atoms with E-state index >= 15 is 0 Å². The molecular weight excluding hydrogens is 433 g/mol. The van der Waals surface area contributed by atoms with Gasteiger partial charge in [0.25, 0.3) is 0 Å². The number of rotatable bonds is 7. The minimum absolute atomic E-state index is 0.588. The third kappa shape index (κ3) is 5.42. The molecule has 0 amide bonds. The molecule has 0 bridgehead atoms. The Labute approximate surface area is 190 Å². The minimum Gasteiger partial charge on any atom is -0.305 e. The lowest BCUT2D eigenvalue weighted by molar-refractivity contribution is -0.137. The molecule has 0 atom stereocenters. The Morgan fingerprint density at radius 2 is 1.78 bits per heavy atom. The van der Waals surface area contributed by atoms with Crippen molar-refractivity contribution < 1.29 is 13.2 Å². The molecule has 3 aromatic rings. The van der Waals surface area contributed by atoms with E-state index in [1.807, 2.05) is 41.9 Å². The van der Waals surface area contributed by atoms with Crippen LogP contribution in [-0.2, 0) is 13.2 Å². The Morgan fingerprint density at radius 1 is 1.00 bits per heavy atom. The normalized spacial score (nSPS) is 15.1. The fraction of sp³-hybridized carbons (Fsp3) is 0.333. The molecule has 0 saturated carbocycles. The molecule has 0 N–H and O–H groups in total. The summed E-state index contributed by atoms with van der Waals surface area (Å²) in [6, 6.07) is 15.6. The van der Waals surface area contributed by atoms with Crippen molar-refractivity contribution in [2.75, 3.05) is 25.4 Å². The average Bonchev–Trinajstić information content (AvgIpc) is 3.17. The molecule has 0 spiro atoms. The summed E-state index contributed by atoms with van der Waals surface area (Å²) >= 11 is 1.69. The molecular formula is C24H25F3N4S. The van der Waals surface area contributed by atoms with Crippen molar-refractivity contribution >= 4 is 17.3 Å². The maximum absolute atomic E-state index is 13.0. The van der Waals surface area contributed by atoms with Crippen molar-refractivity contribution in [3.63, 3.8) is 0 Å². The molecule has 2 aromatic carbocycles. The van der Waals surface area contributed by atoms with Gasteiger partial charge in [0, 0.05) is 31.5 Å². The predicted octanol–water partition coefficient (Wildman–Crippen LogP) is 5.77. The molecule has 0 saturated heterocycles. The highest BCUT2D eigenvalue weighted by atomic mass is 32.2. The van der Waals surface area contributed by atoms with Gasteiger partial charge in [-0.3, -0.25) is 4.90 Å². The Balaban J connectivity index is 1.26. The van der Waals surface area contributed by atoms with Gasteiger partial charge in [0.2, 0.25) is 0 Å². The van der Waals surface area contributed by atoms with E-state index in [-0.39, 0.29) is 0 Å². The van der Waals surface area contributed by atoms with Gasteiger partial charge in [-0.1, -0.05) is 60.3 Å². The fourth-order valence-electron chi connectivity index (χ4n) is 3.80. The lowest BCUT2D eigenvalue weighted by Crippen LogP contribution is -2.29. The third-order valence-electron chi connectivity index (χ3n) is 5.57. The van der Waals surface area contributed by atoms with Crippen molar-refractivity contribution in [1.29, 1.82) is 0 Å². The van der Waals surface area contributed by atoms with Crippen LogP contribution >= 0.6 is 11.8 Å². The number of benzene rings is 2. The highest BCUT2D eigenvalue weighted by Gasteiger charge is 2.30. The van der Waals surface area contributed by atoms with Crippen LogP contribution in [0.1, 0.15) is 24.0 Å². The molecule has 168 valence electrons. The van der Waals surface area contributed by atoms with Crippen LogP contribution in [0.15, 0.2) is 65.8 Å². The third-order valence-corrected chi connectivity index (χ3v) is 6.68. The number of aromatic nitrogens is 3. The number of hydrogen-bond acceptors (Lipinski definition) is 4. The summed E-state index contributed by atoms with van der Waals surface area (Å²) in [4.78, 5) is 2.34. The SMILES string of the molecule is Cn1c(SCCCN2CC=C(c3cccc(C(F)(F)F)c3)CC2)nnc1-c1ccccc1. The van der Waals surface area contributed by atoms with E-state index in [1.165, 1.54) is 12.1 Å². The lowest BCUT2D eigenvalue weighted by atomic mass is 9.97. The first-order valence-electron chi connectivity index (χ1n) is 10.6. The smallest absolute Gasteiger partial charge is 0.305 e. The molecule has 0 aliphatic carbocycles. The predicted molar refractivity (Wildman–Crippen MR) is 122 cm³/mol. The second-order valence-corrected chi connectivity index (χ2v) is 8.85. The summed E-state index contributed by atoms with van der Waals surface area (Å²) < 4.78 is 40.9. The van der Waals surface area contributed by atoms with Gasteiger partial charge < -0.3 is 4.57 Å². The van der Waals surface area contributed by atoms with Crippen LogP contribution in [0.2, 0.25) is 0 Å². The molecule has 0 fully saturated rings. The van der Waals surface area contributed by atoms with Gasteiger partial charge in [-0.2, -0.15) is 13.2 Å². The van der Waals surface area contributed by atoms with Crippen LogP contribution in [0.4, 0.5) is 13.2 Å². The molecule has 2 heterocycles. The quantitative estimate of drug-likeness (QED) is 0.332. The van der Waals surface area contributed by atoms with E-state index in [0.717, 1.165) is 66.4 Å². The highest BCUT2D eigenvalue weighted by molar-refractivity contribution is 7.99. The van der Waals surface area contributed by atoms with Crippen LogP contribution in [0.25, 0.3) is 17.0 Å². The number of hydrogen-bond donors (Lipinski definition) is 0. The van der Waals surface area contributed by atoms with E-state index in [2.05, 4.69) is 21.2 Å². The monoisotopic (exact) mass is 458 g/mol. The number of nitrogens with zero attached hydrogens (tertiary/aromatic N) is 4. The van der Waals surface area contributed by atoms with Gasteiger partial charge in [-0.25, -0.2) is 0 Å². The zero-order valence-electron chi connectivity index (χ0n) is 17.8. The van der Waals surface area contributed by atoms with Crippen LogP contribution in [0.3, 0.4) is 0 Å². The zero-order chi connectivity index (χ0) is 22.6. The maximum Gasteiger partial charge on any atom is 0.416 e. The standard InChI is InChI=1S/C24H25F3N4S/c1-30-22(19-7-3-2-4-8-19)28-29-23(30)32-16-6-13-31-14-11-18(12-15-31)20-9-5-10-21(17-20)24(25,26)27/h2-5,7-11,17H,6,12-16H2,1H3. The average molecular weight is 459 g/mol. The van der Waals surface area contributed by atoms with E-state index < -0.39 is 11.7 Å². The summed E-state index contributed by atoms with van der Waals surface area (Å²) in [6.45, 7) is 2.57. The Kier molecular flexibility index (Phi) is 7.01. The first-order chi connectivity index (χ1) is 15.4. The molecule has 1 aromatic heterocycles. The molecule has 1 aliphatic rings. The lowest BCUT2D eigenvalue weighted by Gasteiger charge is -2.26. The zero-order valence-corrected chi connectivity index (χ0v) is 18.7. The molecule has 8 heteroatoms. The fourth-order valence-corrected chi connectivity index (χ4v) is 4.64. The summed E-state index contributed by atoms with van der Waals surface area (Å²) in [5.41, 5.74) is 2.13. The molecule has 4 nitrogen and oxygen atoms in total. The highest BCUT2D eigenvalue weighted by Crippen LogP contribution is 2.32. The van der Waals surface area contributed by atoms with Crippen molar-refractivity contribution in [3.8, 4) is 11.4 Å². The van der Waals surface area contributed by atoms with Crippen molar-refractivity contribution in [3.05, 3.63) is 71.8 Å². The van der Waals surface area contributed by atoms with Gasteiger partial charge in [-0.05, 0) is 42.7 Å². The van der Waals surface area contributed by atoms with Crippen molar-refractivity contribution in [2.45, 2.75) is 24.2 Å². The van der Waals surface area contributed by atoms with Gasteiger partial charge in [-0.15, -0.1) is 10.2 Å². The van der Waals surface area contributed by atoms with Gasteiger partial charge in [0.05, 0.1) is 5.56 Å². The van der Waals surface area contributed by atoms with E-state index in [4.69, 9.17) is 0 Å². The molecule has 4 rings (SSSR count). The van der Waals surface area contributed by atoms with Gasteiger partial charge in [0.1, 0.15) is 0 Å². The van der Waals surface area contributed by atoms with Crippen LogP contribution in [-0.4, -0.2) is 45.1 Å². The van der Waals surface area contributed by atoms with Crippen molar-refractivity contribution in [1.82, 2.24) is 19.7 Å². The molecule has 32 heavy (non-hydrogen) atoms. The number of alkyl halides is 3.